The molecule has 3 aromatic heterocycles. The van der Waals surface area contributed by atoms with E-state index in [1.54, 1.807) is 0 Å². The predicted molar refractivity (Wildman–Crippen MR) is 102 cm³/mol. The number of aromatic nitrogens is 4. The van der Waals surface area contributed by atoms with Gasteiger partial charge in [-0.15, -0.1) is 0 Å². The van der Waals surface area contributed by atoms with Crippen molar-refractivity contribution >= 4 is 11.5 Å². The van der Waals surface area contributed by atoms with Gasteiger partial charge in [0.2, 0.25) is 0 Å². The predicted octanol–water partition coefficient (Wildman–Crippen LogP) is 2.67. The maximum absolute atomic E-state index is 14.1. The van der Waals surface area contributed by atoms with Crippen molar-refractivity contribution in [2.24, 2.45) is 0 Å². The summed E-state index contributed by atoms with van der Waals surface area (Å²) in [7, 11) is 0. The number of fused-ring (bicyclic) bond motifs is 1. The fourth-order valence-electron chi connectivity index (χ4n) is 3.34. The average Bonchev–Trinajstić information content (AvgIpc) is 3.12. The van der Waals surface area contributed by atoms with E-state index in [1.165, 1.54) is 41.3 Å². The monoisotopic (exact) mass is 424 g/mol. The van der Waals surface area contributed by atoms with Crippen LogP contribution in [0.5, 0.6) is 0 Å². The summed E-state index contributed by atoms with van der Waals surface area (Å²) in [6.07, 6.45) is 0.0374. The lowest BCUT2D eigenvalue weighted by Crippen LogP contribution is -2.46. The fraction of sp³-hybridized carbons (Fsp3) is 0.421. The van der Waals surface area contributed by atoms with Crippen molar-refractivity contribution in [1.29, 1.82) is 0 Å². The molecule has 3 N–H and O–H groups in total. The van der Waals surface area contributed by atoms with Gasteiger partial charge in [0.25, 0.3) is 0 Å². The van der Waals surface area contributed by atoms with Crippen LogP contribution < -0.4 is 10.6 Å². The Morgan fingerprint density at radius 1 is 1.23 bits per heavy atom. The molecule has 0 spiro atoms. The van der Waals surface area contributed by atoms with Crippen LogP contribution in [0, 0.1) is 0 Å². The van der Waals surface area contributed by atoms with E-state index >= 15 is 0 Å². The topological polar surface area (TPSA) is 87.4 Å². The molecule has 1 aliphatic heterocycles. The molecule has 0 aliphatic carbocycles. The van der Waals surface area contributed by atoms with Gasteiger partial charge in [-0.2, -0.15) is 13.2 Å². The smallest absolute Gasteiger partial charge is 0.376 e. The van der Waals surface area contributed by atoms with E-state index in [4.69, 9.17) is 0 Å². The minimum atomic E-state index is -4.85. The molecule has 0 aromatic carbocycles. The van der Waals surface area contributed by atoms with Gasteiger partial charge in [0.15, 0.2) is 5.60 Å². The molecule has 1 fully saturated rings. The summed E-state index contributed by atoms with van der Waals surface area (Å²) in [5.41, 5.74) is -2.25. The van der Waals surface area contributed by atoms with Crippen LogP contribution in [0.3, 0.4) is 0 Å². The SMILES string of the molecule is CC(O)(c1ccc2ncc(-c3cncc(NC4CNCCC4F)n3)n2c1)C(F)(F)F. The Morgan fingerprint density at radius 2 is 2.03 bits per heavy atom. The molecule has 1 aliphatic rings. The van der Waals surface area contributed by atoms with Crippen molar-refractivity contribution in [2.75, 3.05) is 18.4 Å². The molecule has 0 bridgehead atoms. The number of nitrogens with zero attached hydrogens (tertiary/aromatic N) is 4. The van der Waals surface area contributed by atoms with E-state index < -0.39 is 24.0 Å². The van der Waals surface area contributed by atoms with E-state index in [0.717, 1.165) is 0 Å². The molecule has 3 atom stereocenters. The minimum absolute atomic E-state index is 0.336. The van der Waals surface area contributed by atoms with Crippen LogP contribution >= 0.6 is 0 Å². The van der Waals surface area contributed by atoms with Gasteiger partial charge in [0, 0.05) is 18.3 Å². The second-order valence-corrected chi connectivity index (χ2v) is 7.41. The third kappa shape index (κ3) is 3.70. The molecule has 4 heterocycles. The van der Waals surface area contributed by atoms with Crippen LogP contribution in [0.4, 0.5) is 23.4 Å². The average molecular weight is 424 g/mol. The minimum Gasteiger partial charge on any atom is -0.376 e. The quantitative estimate of drug-likeness (QED) is 0.559. The Bertz CT molecular complexity index is 1050. The molecule has 0 radical (unpaired) electrons. The molecule has 0 saturated carbocycles. The van der Waals surface area contributed by atoms with Crippen LogP contribution in [0.1, 0.15) is 18.9 Å². The van der Waals surface area contributed by atoms with E-state index in [-0.39, 0.29) is 5.56 Å². The largest absolute Gasteiger partial charge is 0.421 e. The van der Waals surface area contributed by atoms with Gasteiger partial charge < -0.3 is 15.7 Å². The first kappa shape index (κ1) is 20.5. The fourth-order valence-corrected chi connectivity index (χ4v) is 3.34. The van der Waals surface area contributed by atoms with Gasteiger partial charge in [-0.3, -0.25) is 9.38 Å². The lowest BCUT2D eigenvalue weighted by atomic mass is 9.97. The maximum atomic E-state index is 14.1. The molecule has 7 nitrogen and oxygen atoms in total. The highest BCUT2D eigenvalue weighted by molar-refractivity contribution is 5.61. The number of imidazole rings is 1. The molecule has 3 aromatic rings. The van der Waals surface area contributed by atoms with Crippen molar-refractivity contribution in [2.45, 2.75) is 37.3 Å². The highest BCUT2D eigenvalue weighted by Crippen LogP contribution is 2.38. The van der Waals surface area contributed by atoms with E-state index in [2.05, 4.69) is 25.6 Å². The standard InChI is InChI=1S/C19H20F4N6O/c1-18(30,19(21,22)23)11-2-3-17-26-8-15(29(17)10-11)14-7-25-9-16(28-14)27-13-6-24-5-4-12(13)20/h2-3,7-10,12-13,24,30H,4-6H2,1H3,(H,27,28). The summed E-state index contributed by atoms with van der Waals surface area (Å²) in [5.74, 6) is 0.345. The van der Waals surface area contributed by atoms with Gasteiger partial charge in [-0.1, -0.05) is 6.07 Å². The van der Waals surface area contributed by atoms with Crippen molar-refractivity contribution in [3.63, 3.8) is 0 Å². The highest BCUT2D eigenvalue weighted by Gasteiger charge is 2.51. The second-order valence-electron chi connectivity index (χ2n) is 7.41. The number of aliphatic hydroxyl groups is 1. The van der Waals surface area contributed by atoms with Gasteiger partial charge in [-0.25, -0.2) is 14.4 Å². The first-order valence-corrected chi connectivity index (χ1v) is 9.37. The number of hydrogen-bond acceptors (Lipinski definition) is 6. The Hall–Kier alpha value is -2.79. The molecule has 1 saturated heterocycles. The van der Waals surface area contributed by atoms with Crippen LogP contribution in [0.2, 0.25) is 0 Å². The number of pyridine rings is 1. The third-order valence-electron chi connectivity index (χ3n) is 5.25. The van der Waals surface area contributed by atoms with Crippen molar-refractivity contribution in [1.82, 2.24) is 24.7 Å². The number of hydrogen-bond donors (Lipinski definition) is 3. The van der Waals surface area contributed by atoms with Crippen molar-refractivity contribution in [3.05, 3.63) is 42.5 Å². The van der Waals surface area contributed by atoms with Crippen molar-refractivity contribution < 1.29 is 22.7 Å². The first-order chi connectivity index (χ1) is 14.2. The van der Waals surface area contributed by atoms with E-state index in [0.29, 0.717) is 49.3 Å². The Balaban J connectivity index is 1.69. The molecule has 4 rings (SSSR count). The Morgan fingerprint density at radius 3 is 2.77 bits per heavy atom. The molecule has 160 valence electrons. The zero-order chi connectivity index (χ0) is 21.5. The summed E-state index contributed by atoms with van der Waals surface area (Å²) in [6.45, 7) is 1.75. The molecule has 3 unspecified atom stereocenters. The van der Waals surface area contributed by atoms with Gasteiger partial charge >= 0.3 is 6.18 Å². The lowest BCUT2D eigenvalue weighted by molar-refractivity contribution is -0.259. The Kier molecular flexibility index (Phi) is 5.10. The number of halogens is 4. The zero-order valence-electron chi connectivity index (χ0n) is 16.0. The van der Waals surface area contributed by atoms with Crippen LogP contribution in [-0.4, -0.2) is 55.9 Å². The van der Waals surface area contributed by atoms with Crippen LogP contribution in [-0.2, 0) is 5.60 Å². The van der Waals surface area contributed by atoms with Gasteiger partial charge in [0.1, 0.15) is 23.3 Å². The van der Waals surface area contributed by atoms with Gasteiger partial charge in [0.05, 0.1) is 30.3 Å². The first-order valence-electron chi connectivity index (χ1n) is 9.37. The summed E-state index contributed by atoms with van der Waals surface area (Å²) in [6, 6.07) is 2.11. The summed E-state index contributed by atoms with van der Waals surface area (Å²) in [5, 5.41) is 16.1. The lowest BCUT2D eigenvalue weighted by Gasteiger charge is -2.27. The van der Waals surface area contributed by atoms with Crippen LogP contribution in [0.25, 0.3) is 17.0 Å². The van der Waals surface area contributed by atoms with Crippen molar-refractivity contribution in [3.8, 4) is 11.4 Å². The van der Waals surface area contributed by atoms with E-state index in [9.17, 15) is 22.7 Å². The van der Waals surface area contributed by atoms with Gasteiger partial charge in [-0.05, 0) is 26.0 Å². The number of nitrogens with one attached hydrogen (secondary N) is 2. The maximum Gasteiger partial charge on any atom is 0.421 e. The normalized spacial score (nSPS) is 22.1. The molecule has 11 heteroatoms. The molecular weight excluding hydrogens is 404 g/mol. The summed E-state index contributed by atoms with van der Waals surface area (Å²) >= 11 is 0. The summed E-state index contributed by atoms with van der Waals surface area (Å²) in [4.78, 5) is 12.7. The number of rotatable bonds is 4. The summed E-state index contributed by atoms with van der Waals surface area (Å²) < 4.78 is 55.2. The van der Waals surface area contributed by atoms with Crippen LogP contribution in [0.15, 0.2) is 36.9 Å². The number of piperidine rings is 1. The Labute approximate surface area is 169 Å². The third-order valence-corrected chi connectivity index (χ3v) is 5.25. The highest BCUT2D eigenvalue weighted by atomic mass is 19.4. The molecule has 0 amide bonds. The zero-order valence-corrected chi connectivity index (χ0v) is 16.0. The molecule has 30 heavy (non-hydrogen) atoms. The number of anilines is 1. The second kappa shape index (κ2) is 7.47. The number of alkyl halides is 4. The van der Waals surface area contributed by atoms with E-state index in [1.807, 2.05) is 0 Å². The molecular formula is C19H20F4N6O.